The molecule has 0 amide bonds. The van der Waals surface area contributed by atoms with Crippen molar-refractivity contribution in [2.45, 2.75) is 25.4 Å². The van der Waals surface area contributed by atoms with Gasteiger partial charge in [-0.2, -0.15) is 0 Å². The molecule has 1 heterocycles. The van der Waals surface area contributed by atoms with E-state index in [4.69, 9.17) is 10.5 Å². The highest BCUT2D eigenvalue weighted by atomic mass is 19.1. The van der Waals surface area contributed by atoms with E-state index in [0.29, 0.717) is 24.8 Å². The highest BCUT2D eigenvalue weighted by molar-refractivity contribution is 5.30. The predicted octanol–water partition coefficient (Wildman–Crippen LogP) is 3.15. The first-order valence-electron chi connectivity index (χ1n) is 8.11. The normalized spacial score (nSPS) is 21.5. The highest BCUT2D eigenvalue weighted by Crippen LogP contribution is 2.28. The molecule has 0 aliphatic carbocycles. The summed E-state index contributed by atoms with van der Waals surface area (Å²) < 4.78 is 19.2. The Bertz CT molecular complexity index is 647. The Balaban J connectivity index is 1.66. The van der Waals surface area contributed by atoms with Crippen LogP contribution in [0.15, 0.2) is 48.5 Å². The van der Waals surface area contributed by atoms with Crippen molar-refractivity contribution in [3.8, 4) is 5.75 Å². The summed E-state index contributed by atoms with van der Waals surface area (Å²) in [5.41, 5.74) is 8.54. The van der Waals surface area contributed by atoms with Crippen molar-refractivity contribution in [3.05, 3.63) is 65.5 Å². The van der Waals surface area contributed by atoms with Crippen LogP contribution in [-0.2, 0) is 6.54 Å². The predicted molar refractivity (Wildman–Crippen MR) is 90.0 cm³/mol. The molecule has 122 valence electrons. The third-order valence-corrected chi connectivity index (χ3v) is 4.37. The summed E-state index contributed by atoms with van der Waals surface area (Å²) in [6, 6.07) is 15.7. The summed E-state index contributed by atoms with van der Waals surface area (Å²) in [5.74, 6) is 0.354. The minimum Gasteiger partial charge on any atom is -0.491 e. The molecule has 0 radical (unpaired) electrons. The van der Waals surface area contributed by atoms with Crippen LogP contribution in [0.4, 0.5) is 4.39 Å². The fraction of sp³-hybridized carbons (Fsp3) is 0.368. The van der Waals surface area contributed by atoms with E-state index in [1.54, 1.807) is 12.1 Å². The molecule has 2 aromatic rings. The summed E-state index contributed by atoms with van der Waals surface area (Å²) >= 11 is 0. The molecular weight excluding hydrogens is 291 g/mol. The topological polar surface area (TPSA) is 38.5 Å². The van der Waals surface area contributed by atoms with Gasteiger partial charge in [-0.1, -0.05) is 36.4 Å². The van der Waals surface area contributed by atoms with Crippen LogP contribution in [0.5, 0.6) is 5.75 Å². The van der Waals surface area contributed by atoms with Crippen LogP contribution in [0.2, 0.25) is 0 Å². The quantitative estimate of drug-likeness (QED) is 0.921. The van der Waals surface area contributed by atoms with Crippen molar-refractivity contribution in [2.24, 2.45) is 5.73 Å². The van der Waals surface area contributed by atoms with Gasteiger partial charge < -0.3 is 10.5 Å². The number of benzene rings is 2. The monoisotopic (exact) mass is 314 g/mol. The van der Waals surface area contributed by atoms with Crippen LogP contribution < -0.4 is 10.5 Å². The molecular formula is C19H23FN2O. The molecule has 2 atom stereocenters. The largest absolute Gasteiger partial charge is 0.491 e. The molecule has 0 spiro atoms. The molecule has 2 N–H and O–H groups in total. The average molecular weight is 314 g/mol. The van der Waals surface area contributed by atoms with E-state index in [1.165, 1.54) is 5.56 Å². The Morgan fingerprint density at radius 2 is 1.96 bits per heavy atom. The number of ether oxygens (including phenoxy) is 1. The molecule has 23 heavy (non-hydrogen) atoms. The molecule has 4 heteroatoms. The molecule has 2 aromatic carbocycles. The molecule has 3 nitrogen and oxygen atoms in total. The second-order valence-corrected chi connectivity index (χ2v) is 6.07. The highest BCUT2D eigenvalue weighted by Gasteiger charge is 2.31. The zero-order valence-electron chi connectivity index (χ0n) is 13.4. The van der Waals surface area contributed by atoms with Gasteiger partial charge >= 0.3 is 0 Å². The Labute approximate surface area is 136 Å². The zero-order chi connectivity index (χ0) is 16.2. The van der Waals surface area contributed by atoms with Gasteiger partial charge in [-0.15, -0.1) is 0 Å². The minimum atomic E-state index is -0.299. The molecule has 0 saturated carbocycles. The lowest BCUT2D eigenvalue weighted by Crippen LogP contribution is -2.28. The van der Waals surface area contributed by atoms with E-state index >= 15 is 0 Å². The van der Waals surface area contributed by atoms with Crippen LogP contribution in [0.25, 0.3) is 0 Å². The summed E-state index contributed by atoms with van der Waals surface area (Å²) in [6.07, 6.45) is 0. The van der Waals surface area contributed by atoms with Crippen molar-refractivity contribution in [1.82, 2.24) is 4.90 Å². The summed E-state index contributed by atoms with van der Waals surface area (Å²) in [7, 11) is 0. The lowest BCUT2D eigenvalue weighted by molar-refractivity contribution is 0.314. The molecule has 3 rings (SSSR count). The van der Waals surface area contributed by atoms with Crippen molar-refractivity contribution >= 4 is 0 Å². The van der Waals surface area contributed by atoms with Gasteiger partial charge in [0.25, 0.3) is 0 Å². The van der Waals surface area contributed by atoms with E-state index in [0.717, 1.165) is 18.7 Å². The maximum atomic E-state index is 14.0. The second kappa shape index (κ2) is 7.11. The van der Waals surface area contributed by atoms with Crippen LogP contribution >= 0.6 is 0 Å². The van der Waals surface area contributed by atoms with Gasteiger partial charge in [-0.05, 0) is 30.2 Å². The lowest BCUT2D eigenvalue weighted by Gasteiger charge is -2.16. The lowest BCUT2D eigenvalue weighted by atomic mass is 9.95. The van der Waals surface area contributed by atoms with Crippen LogP contribution in [0, 0.1) is 5.82 Å². The number of nitrogens with two attached hydrogens (primary N) is 1. The number of hydrogen-bond acceptors (Lipinski definition) is 3. The maximum Gasteiger partial charge on any atom is 0.165 e. The molecule has 1 saturated heterocycles. The van der Waals surface area contributed by atoms with Crippen LogP contribution in [0.3, 0.4) is 0 Å². The second-order valence-electron chi connectivity index (χ2n) is 6.07. The maximum absolute atomic E-state index is 14.0. The number of likely N-dealkylation sites (tertiary alicyclic amines) is 1. The summed E-state index contributed by atoms with van der Waals surface area (Å²) in [4.78, 5) is 2.29. The fourth-order valence-corrected chi connectivity index (χ4v) is 3.27. The Hall–Kier alpha value is -1.91. The Morgan fingerprint density at radius 3 is 2.65 bits per heavy atom. The summed E-state index contributed by atoms with van der Waals surface area (Å²) in [5, 5.41) is 0. The minimum absolute atomic E-state index is 0.116. The number of nitrogens with zero attached hydrogens (tertiary/aromatic N) is 1. The molecule has 0 unspecified atom stereocenters. The van der Waals surface area contributed by atoms with Gasteiger partial charge in [-0.25, -0.2) is 4.39 Å². The average Bonchev–Trinajstić information content (AvgIpc) is 2.91. The molecule has 0 bridgehead atoms. The molecule has 1 aliphatic heterocycles. The molecule has 1 aliphatic rings. The first-order valence-corrected chi connectivity index (χ1v) is 8.11. The smallest absolute Gasteiger partial charge is 0.165 e. The van der Waals surface area contributed by atoms with E-state index in [-0.39, 0.29) is 11.9 Å². The third kappa shape index (κ3) is 3.71. The first-order chi connectivity index (χ1) is 11.2. The van der Waals surface area contributed by atoms with E-state index in [9.17, 15) is 4.39 Å². The number of hydrogen-bond donors (Lipinski definition) is 1. The Morgan fingerprint density at radius 1 is 1.17 bits per heavy atom. The van der Waals surface area contributed by atoms with Gasteiger partial charge in [0.05, 0.1) is 6.61 Å². The van der Waals surface area contributed by atoms with E-state index in [2.05, 4.69) is 17.0 Å². The van der Waals surface area contributed by atoms with Crippen LogP contribution in [0.1, 0.15) is 24.0 Å². The van der Waals surface area contributed by atoms with Gasteiger partial charge in [0, 0.05) is 31.6 Å². The van der Waals surface area contributed by atoms with Crippen molar-refractivity contribution in [3.63, 3.8) is 0 Å². The number of halogens is 1. The SMILES string of the molecule is CCOc1ccc(CN2C[C@@H](N)[C@H](c3ccccc3)C2)cc1F. The number of rotatable bonds is 5. The fourth-order valence-electron chi connectivity index (χ4n) is 3.27. The third-order valence-electron chi connectivity index (χ3n) is 4.37. The van der Waals surface area contributed by atoms with Gasteiger partial charge in [-0.3, -0.25) is 4.90 Å². The van der Waals surface area contributed by atoms with Crippen molar-refractivity contribution in [2.75, 3.05) is 19.7 Å². The van der Waals surface area contributed by atoms with Gasteiger partial charge in [0.1, 0.15) is 0 Å². The van der Waals surface area contributed by atoms with Crippen molar-refractivity contribution in [1.29, 1.82) is 0 Å². The Kier molecular flexibility index (Phi) is 4.94. The van der Waals surface area contributed by atoms with Gasteiger partial charge in [0.15, 0.2) is 11.6 Å². The summed E-state index contributed by atoms with van der Waals surface area (Å²) in [6.45, 7) is 4.76. The van der Waals surface area contributed by atoms with Gasteiger partial charge in [0.2, 0.25) is 0 Å². The molecule has 1 fully saturated rings. The van der Waals surface area contributed by atoms with Crippen LogP contribution in [-0.4, -0.2) is 30.6 Å². The first kappa shape index (κ1) is 16.0. The standard InChI is InChI=1S/C19H23FN2O/c1-2-23-19-9-8-14(10-17(19)20)11-22-12-16(18(21)13-22)15-6-4-3-5-7-15/h3-10,16,18H,2,11-13,21H2,1H3/t16-,18+/m0/s1. The zero-order valence-corrected chi connectivity index (χ0v) is 13.4. The van der Waals surface area contributed by atoms with Crippen molar-refractivity contribution < 1.29 is 9.13 Å². The van der Waals surface area contributed by atoms with E-state index < -0.39 is 0 Å². The molecule has 0 aromatic heterocycles. The van der Waals surface area contributed by atoms with E-state index in [1.807, 2.05) is 31.2 Å².